The molecule has 1 aliphatic heterocycles. The minimum atomic E-state index is -2.98. The number of hydrogen-bond donors (Lipinski definition) is 1. The Balaban J connectivity index is 1.85. The van der Waals surface area contributed by atoms with Gasteiger partial charge in [-0.15, -0.1) is 0 Å². The summed E-state index contributed by atoms with van der Waals surface area (Å²) in [4.78, 5) is 1.65. The maximum atomic E-state index is 12.0. The van der Waals surface area contributed by atoms with Gasteiger partial charge in [0.1, 0.15) is 0 Å². The predicted octanol–water partition coefficient (Wildman–Crippen LogP) is 0.505. The summed E-state index contributed by atoms with van der Waals surface area (Å²) in [6, 6.07) is 0.778. The highest BCUT2D eigenvalue weighted by Crippen LogP contribution is 2.22. The van der Waals surface area contributed by atoms with Gasteiger partial charge >= 0.3 is 0 Å². The van der Waals surface area contributed by atoms with Gasteiger partial charge < -0.3 is 4.90 Å². The highest BCUT2D eigenvalue weighted by Gasteiger charge is 2.33. The molecule has 1 saturated heterocycles. The molecule has 0 aromatic carbocycles. The molecular weight excluding hydrogens is 260 g/mol. The van der Waals surface area contributed by atoms with Crippen molar-refractivity contribution in [1.82, 2.24) is 4.31 Å². The van der Waals surface area contributed by atoms with Crippen LogP contribution in [0.2, 0.25) is 0 Å². The van der Waals surface area contributed by atoms with Crippen molar-refractivity contribution >= 4 is 10.0 Å². The van der Waals surface area contributed by atoms with Crippen molar-refractivity contribution in [2.75, 3.05) is 31.9 Å². The molecule has 0 amide bonds. The van der Waals surface area contributed by atoms with E-state index in [1.54, 1.807) is 9.21 Å². The Morgan fingerprint density at radius 3 is 2.47 bits per heavy atom. The Morgan fingerprint density at radius 1 is 1.21 bits per heavy atom. The van der Waals surface area contributed by atoms with Crippen molar-refractivity contribution in [2.45, 2.75) is 52.0 Å². The molecular formula is C14H29N2O2S+. The van der Waals surface area contributed by atoms with Crippen molar-refractivity contribution in [1.29, 1.82) is 0 Å². The lowest BCUT2D eigenvalue weighted by molar-refractivity contribution is -0.930. The Hall–Kier alpha value is -0.130. The summed E-state index contributed by atoms with van der Waals surface area (Å²) in [5, 5.41) is 0. The highest BCUT2D eigenvalue weighted by atomic mass is 32.2. The molecule has 0 aromatic rings. The van der Waals surface area contributed by atoms with E-state index < -0.39 is 10.0 Å². The second-order valence-electron chi connectivity index (χ2n) is 6.34. The van der Waals surface area contributed by atoms with E-state index in [0.29, 0.717) is 5.75 Å². The third-order valence-corrected chi connectivity index (χ3v) is 6.81. The van der Waals surface area contributed by atoms with E-state index in [1.165, 1.54) is 25.7 Å². The summed E-state index contributed by atoms with van der Waals surface area (Å²) >= 11 is 0. The van der Waals surface area contributed by atoms with Gasteiger partial charge in [0, 0.05) is 6.42 Å². The van der Waals surface area contributed by atoms with Crippen LogP contribution >= 0.6 is 0 Å². The first-order valence-electron chi connectivity index (χ1n) is 7.85. The largest absolute Gasteiger partial charge is 0.330 e. The van der Waals surface area contributed by atoms with E-state index in [1.807, 2.05) is 6.92 Å². The molecule has 2 fully saturated rings. The fourth-order valence-electron chi connectivity index (χ4n) is 3.65. The lowest BCUT2D eigenvalue weighted by Crippen LogP contribution is -3.18. The van der Waals surface area contributed by atoms with Gasteiger partial charge in [-0.3, -0.25) is 0 Å². The highest BCUT2D eigenvalue weighted by molar-refractivity contribution is 7.89. The van der Waals surface area contributed by atoms with Crippen LogP contribution in [0.4, 0.5) is 0 Å². The zero-order chi connectivity index (χ0) is 13.9. The topological polar surface area (TPSA) is 41.8 Å². The van der Waals surface area contributed by atoms with Crippen molar-refractivity contribution in [3.63, 3.8) is 0 Å². The molecule has 0 spiro atoms. The van der Waals surface area contributed by atoms with Gasteiger partial charge in [-0.2, -0.15) is 4.31 Å². The summed E-state index contributed by atoms with van der Waals surface area (Å²) in [7, 11) is -2.98. The normalized spacial score (nSPS) is 31.5. The second kappa shape index (κ2) is 6.55. The standard InChI is InChI=1S/C14H28N2O2S/c1-3-11-19(17,18)16-9-7-15(8-10-16)14-6-4-5-13(2)12-14/h13-14H,3-12H2,1-2H3/p+1/t13-,14+/m1/s1. The van der Waals surface area contributed by atoms with Crippen molar-refractivity contribution in [2.24, 2.45) is 5.92 Å². The van der Waals surface area contributed by atoms with Crippen LogP contribution in [0.15, 0.2) is 0 Å². The molecule has 0 bridgehead atoms. The zero-order valence-electron chi connectivity index (χ0n) is 12.4. The molecule has 0 unspecified atom stereocenters. The van der Waals surface area contributed by atoms with Crippen LogP contribution in [-0.4, -0.2) is 50.7 Å². The van der Waals surface area contributed by atoms with Gasteiger partial charge in [0.05, 0.1) is 38.0 Å². The molecule has 112 valence electrons. The van der Waals surface area contributed by atoms with Crippen LogP contribution in [0.5, 0.6) is 0 Å². The van der Waals surface area contributed by atoms with Crippen LogP contribution in [-0.2, 0) is 10.0 Å². The van der Waals surface area contributed by atoms with Gasteiger partial charge in [-0.05, 0) is 25.2 Å². The van der Waals surface area contributed by atoms with Crippen LogP contribution < -0.4 is 4.90 Å². The minimum Gasteiger partial charge on any atom is -0.330 e. The van der Waals surface area contributed by atoms with E-state index in [2.05, 4.69) is 6.92 Å². The van der Waals surface area contributed by atoms with Gasteiger partial charge in [-0.1, -0.05) is 20.3 Å². The van der Waals surface area contributed by atoms with E-state index in [9.17, 15) is 8.42 Å². The molecule has 1 saturated carbocycles. The zero-order valence-corrected chi connectivity index (χ0v) is 13.2. The molecule has 4 nitrogen and oxygen atoms in total. The first-order valence-corrected chi connectivity index (χ1v) is 9.46. The van der Waals surface area contributed by atoms with Crippen molar-refractivity contribution in [3.8, 4) is 0 Å². The second-order valence-corrected chi connectivity index (χ2v) is 8.43. The molecule has 19 heavy (non-hydrogen) atoms. The van der Waals surface area contributed by atoms with Crippen molar-refractivity contribution < 1.29 is 13.3 Å². The molecule has 1 heterocycles. The van der Waals surface area contributed by atoms with Gasteiger partial charge in [0.2, 0.25) is 10.0 Å². The average Bonchev–Trinajstić information content (AvgIpc) is 2.39. The summed E-state index contributed by atoms with van der Waals surface area (Å²) in [6.07, 6.45) is 6.11. The maximum absolute atomic E-state index is 12.0. The quantitative estimate of drug-likeness (QED) is 0.819. The van der Waals surface area contributed by atoms with Crippen molar-refractivity contribution in [3.05, 3.63) is 0 Å². The van der Waals surface area contributed by atoms with Crippen LogP contribution in [0.25, 0.3) is 0 Å². The molecule has 5 heteroatoms. The summed E-state index contributed by atoms with van der Waals surface area (Å²) in [6.45, 7) is 7.74. The Kier molecular flexibility index (Phi) is 5.26. The Labute approximate surface area is 118 Å². The first-order chi connectivity index (χ1) is 9.03. The average molecular weight is 289 g/mol. The first kappa shape index (κ1) is 15.3. The lowest BCUT2D eigenvalue weighted by Gasteiger charge is -2.38. The predicted molar refractivity (Wildman–Crippen MR) is 77.8 cm³/mol. The van der Waals surface area contributed by atoms with Gasteiger partial charge in [0.15, 0.2) is 0 Å². The number of quaternary nitrogens is 1. The smallest absolute Gasteiger partial charge is 0.214 e. The SMILES string of the molecule is CCCS(=O)(=O)N1CC[NH+]([C@H]2CCC[C@@H](C)C2)CC1. The van der Waals surface area contributed by atoms with Crippen LogP contribution in [0, 0.1) is 5.92 Å². The summed E-state index contributed by atoms with van der Waals surface area (Å²) in [5.41, 5.74) is 0. The number of rotatable bonds is 4. The molecule has 2 aliphatic rings. The third-order valence-electron chi connectivity index (χ3n) is 4.73. The Morgan fingerprint density at radius 2 is 1.89 bits per heavy atom. The Bertz CT molecular complexity index is 375. The van der Waals surface area contributed by atoms with E-state index in [-0.39, 0.29) is 0 Å². The lowest BCUT2D eigenvalue weighted by atomic mass is 9.86. The minimum absolute atomic E-state index is 0.308. The number of hydrogen-bond acceptors (Lipinski definition) is 2. The summed E-state index contributed by atoms with van der Waals surface area (Å²) in [5.74, 6) is 1.16. The van der Waals surface area contributed by atoms with E-state index in [4.69, 9.17) is 0 Å². The number of nitrogens with zero attached hydrogens (tertiary/aromatic N) is 1. The van der Waals surface area contributed by atoms with E-state index >= 15 is 0 Å². The maximum Gasteiger partial charge on any atom is 0.214 e. The van der Waals surface area contributed by atoms with Crippen LogP contribution in [0.3, 0.4) is 0 Å². The third kappa shape index (κ3) is 3.92. The molecule has 0 radical (unpaired) electrons. The van der Waals surface area contributed by atoms with E-state index in [0.717, 1.165) is 44.6 Å². The molecule has 2 atom stereocenters. The summed E-state index contributed by atoms with van der Waals surface area (Å²) < 4.78 is 25.8. The fourth-order valence-corrected chi connectivity index (χ4v) is 5.16. The molecule has 1 aliphatic carbocycles. The van der Waals surface area contributed by atoms with Gasteiger partial charge in [0.25, 0.3) is 0 Å². The number of nitrogens with one attached hydrogen (secondary N) is 1. The van der Waals surface area contributed by atoms with Gasteiger partial charge in [-0.25, -0.2) is 8.42 Å². The van der Waals surface area contributed by atoms with Crippen LogP contribution in [0.1, 0.15) is 46.0 Å². The fraction of sp³-hybridized carbons (Fsp3) is 1.00. The number of sulfonamides is 1. The molecule has 0 aromatic heterocycles. The molecule has 1 N–H and O–H groups in total. The monoisotopic (exact) mass is 289 g/mol. The number of piperazine rings is 1. The molecule has 2 rings (SSSR count).